The lowest BCUT2D eigenvalue weighted by molar-refractivity contribution is 1.07. The summed E-state index contributed by atoms with van der Waals surface area (Å²) in [5.41, 5.74) is 20.0. The molecule has 0 aliphatic carbocycles. The second-order valence-electron chi connectivity index (χ2n) is 11.2. The van der Waals surface area contributed by atoms with Crippen LogP contribution in [-0.4, -0.2) is 19.9 Å². The molecule has 4 heteroatoms. The van der Waals surface area contributed by atoms with Crippen molar-refractivity contribution in [2.24, 2.45) is 0 Å². The highest BCUT2D eigenvalue weighted by Crippen LogP contribution is 2.40. The molecule has 4 nitrogen and oxygen atoms in total. The van der Waals surface area contributed by atoms with Gasteiger partial charge in [-0.25, -0.2) is 9.97 Å². The number of H-pyrrole nitrogens is 2. The fraction of sp³-hybridized carbons (Fsp3) is 0.421. The third-order valence-corrected chi connectivity index (χ3v) is 9.25. The van der Waals surface area contributed by atoms with Gasteiger partial charge in [0.2, 0.25) is 0 Å². The number of allylic oxidation sites excluding steroid dienone is 4. The average Bonchev–Trinajstić information content (AvgIpc) is 3.72. The Morgan fingerprint density at radius 3 is 1.50 bits per heavy atom. The molecular weight excluding hydrogens is 512 g/mol. The van der Waals surface area contributed by atoms with Gasteiger partial charge < -0.3 is 9.97 Å². The summed E-state index contributed by atoms with van der Waals surface area (Å²) in [4.78, 5) is 18.2. The Morgan fingerprint density at radius 1 is 0.524 bits per heavy atom. The van der Waals surface area contributed by atoms with Gasteiger partial charge in [-0.1, -0.05) is 61.3 Å². The summed E-state index contributed by atoms with van der Waals surface area (Å²) < 4.78 is 0. The highest BCUT2D eigenvalue weighted by atomic mass is 14.8. The van der Waals surface area contributed by atoms with Gasteiger partial charge in [0.25, 0.3) is 0 Å². The second-order valence-corrected chi connectivity index (χ2v) is 11.2. The first-order valence-electron chi connectivity index (χ1n) is 16.2. The van der Waals surface area contributed by atoms with Crippen LogP contribution in [0, 0.1) is 12.3 Å². The molecule has 2 aliphatic heterocycles. The monoisotopic (exact) mass is 558 g/mol. The number of hydrogen-bond donors (Lipinski definition) is 2. The first kappa shape index (κ1) is 29.6. The van der Waals surface area contributed by atoms with Crippen LogP contribution in [0.1, 0.15) is 132 Å². The lowest BCUT2D eigenvalue weighted by atomic mass is 9.96. The fourth-order valence-corrected chi connectivity index (χ4v) is 7.33. The fourth-order valence-electron chi connectivity index (χ4n) is 7.33. The summed E-state index contributed by atoms with van der Waals surface area (Å²) in [6, 6.07) is 6.83. The number of nitrogens with one attached hydrogen (secondary N) is 2. The lowest BCUT2D eigenvalue weighted by Gasteiger charge is -2.06. The van der Waals surface area contributed by atoms with Crippen LogP contribution in [0.2, 0.25) is 0 Å². The Kier molecular flexibility index (Phi) is 8.60. The highest BCUT2D eigenvalue weighted by Gasteiger charge is 2.24. The minimum absolute atomic E-state index is 0.867. The van der Waals surface area contributed by atoms with Crippen molar-refractivity contribution in [3.8, 4) is 12.3 Å². The molecule has 8 bridgehead atoms. The summed E-state index contributed by atoms with van der Waals surface area (Å²) in [7, 11) is 0. The van der Waals surface area contributed by atoms with Crippen molar-refractivity contribution in [1.82, 2.24) is 19.9 Å². The molecule has 5 heterocycles. The van der Waals surface area contributed by atoms with E-state index in [0.717, 1.165) is 90.7 Å². The van der Waals surface area contributed by atoms with E-state index in [1.807, 2.05) is 0 Å². The molecule has 5 rings (SSSR count). The number of hydrogen-bond acceptors (Lipinski definition) is 2. The molecule has 218 valence electrons. The van der Waals surface area contributed by atoms with Crippen molar-refractivity contribution in [1.29, 1.82) is 0 Å². The number of aryl methyl sites for hydroxylation is 4. The molecule has 0 spiro atoms. The molecular formula is C38H46N4. The SMILES string of the molecule is C#Cc1c2nc(cc3nc(cc4[nH]c(cc5[nH]c1c(CC)c5CC)c(CC)c4CC)C(CC)=C3CC)C(CC)=C2CC. The molecule has 2 aliphatic rings. The molecule has 0 aromatic carbocycles. The maximum atomic E-state index is 6.36. The Labute approximate surface area is 251 Å². The van der Waals surface area contributed by atoms with Crippen LogP contribution in [0.4, 0.5) is 0 Å². The summed E-state index contributed by atoms with van der Waals surface area (Å²) >= 11 is 0. The quantitative estimate of drug-likeness (QED) is 0.270. The Morgan fingerprint density at radius 2 is 0.976 bits per heavy atom. The van der Waals surface area contributed by atoms with E-state index < -0.39 is 0 Å². The molecule has 0 saturated heterocycles. The van der Waals surface area contributed by atoms with E-state index in [-0.39, 0.29) is 0 Å². The molecule has 2 N–H and O–H groups in total. The van der Waals surface area contributed by atoms with Crippen LogP contribution in [0.5, 0.6) is 0 Å². The van der Waals surface area contributed by atoms with Crippen LogP contribution >= 0.6 is 0 Å². The van der Waals surface area contributed by atoms with E-state index in [0.29, 0.717) is 0 Å². The molecule has 42 heavy (non-hydrogen) atoms. The molecule has 3 aromatic rings. The van der Waals surface area contributed by atoms with Crippen molar-refractivity contribution >= 4 is 44.4 Å². The summed E-state index contributed by atoms with van der Waals surface area (Å²) in [5.74, 6) is 3.10. The normalized spacial score (nSPS) is 13.3. The van der Waals surface area contributed by atoms with E-state index in [1.54, 1.807) is 0 Å². The topological polar surface area (TPSA) is 57.4 Å². The Bertz CT molecular complexity index is 1810. The third-order valence-electron chi connectivity index (χ3n) is 9.25. The molecule has 3 aromatic heterocycles. The molecule has 0 atom stereocenters. The largest absolute Gasteiger partial charge is 0.355 e. The van der Waals surface area contributed by atoms with Gasteiger partial charge in [0.05, 0.1) is 33.9 Å². The Balaban J connectivity index is 2.10. The van der Waals surface area contributed by atoms with E-state index in [9.17, 15) is 0 Å². The van der Waals surface area contributed by atoms with Gasteiger partial charge in [0, 0.05) is 16.6 Å². The van der Waals surface area contributed by atoms with Crippen LogP contribution < -0.4 is 0 Å². The summed E-state index contributed by atoms with van der Waals surface area (Å²) in [5, 5.41) is 0. The average molecular weight is 559 g/mol. The first-order valence-corrected chi connectivity index (χ1v) is 16.2. The first-order chi connectivity index (χ1) is 20.4. The number of fused-ring (bicyclic) bond motifs is 8. The van der Waals surface area contributed by atoms with Gasteiger partial charge in [-0.15, -0.1) is 6.42 Å². The molecule has 0 saturated carbocycles. The lowest BCUT2D eigenvalue weighted by Crippen LogP contribution is -1.92. The van der Waals surface area contributed by atoms with Gasteiger partial charge in [0.15, 0.2) is 0 Å². The minimum Gasteiger partial charge on any atom is -0.355 e. The second kappa shape index (κ2) is 12.2. The number of rotatable bonds is 8. The van der Waals surface area contributed by atoms with Crippen molar-refractivity contribution < 1.29 is 0 Å². The summed E-state index contributed by atoms with van der Waals surface area (Å²) in [6.07, 6.45) is 13.8. The van der Waals surface area contributed by atoms with E-state index >= 15 is 0 Å². The molecule has 0 amide bonds. The zero-order valence-corrected chi connectivity index (χ0v) is 26.9. The van der Waals surface area contributed by atoms with Crippen LogP contribution in [0.25, 0.3) is 44.4 Å². The number of nitrogens with zero attached hydrogens (tertiary/aromatic N) is 2. The standard InChI is InChI=1S/C38H46N4/c1-10-22-24(12-3)33-20-35-26(14-5)28(16-7)37(41-35)30(18-9)38-29(17-8)27(15-6)36(42-38)21-34-25(13-4)23(11-2)32(40-34)19-31(22)39-33/h9,19-21,39,41H,10-17H2,1-8H3. The Hall–Kier alpha value is -3.84. The maximum Gasteiger partial charge on any atom is 0.0850 e. The number of terminal acetylenes is 1. The van der Waals surface area contributed by atoms with Crippen molar-refractivity contribution in [3.63, 3.8) is 0 Å². The molecule has 0 fully saturated rings. The van der Waals surface area contributed by atoms with Crippen LogP contribution in [0.3, 0.4) is 0 Å². The summed E-state index contributed by atoms with van der Waals surface area (Å²) in [6.45, 7) is 17.9. The zero-order valence-electron chi connectivity index (χ0n) is 26.9. The van der Waals surface area contributed by atoms with E-state index in [4.69, 9.17) is 16.4 Å². The molecule has 0 unspecified atom stereocenters. The number of aromatic amines is 2. The third kappa shape index (κ3) is 4.64. The van der Waals surface area contributed by atoms with E-state index in [2.05, 4.69) is 89.5 Å². The van der Waals surface area contributed by atoms with Crippen molar-refractivity contribution in [2.45, 2.75) is 107 Å². The maximum absolute atomic E-state index is 6.36. The van der Waals surface area contributed by atoms with Crippen molar-refractivity contribution in [3.05, 3.63) is 68.8 Å². The smallest absolute Gasteiger partial charge is 0.0850 e. The van der Waals surface area contributed by atoms with Crippen molar-refractivity contribution in [2.75, 3.05) is 0 Å². The number of aromatic nitrogens is 4. The molecule has 0 radical (unpaired) electrons. The van der Waals surface area contributed by atoms with Gasteiger partial charge in [-0.2, -0.15) is 0 Å². The zero-order chi connectivity index (χ0) is 30.1. The van der Waals surface area contributed by atoms with Crippen LogP contribution in [-0.2, 0) is 25.7 Å². The van der Waals surface area contributed by atoms with E-state index in [1.165, 1.54) is 55.6 Å². The van der Waals surface area contributed by atoms with Gasteiger partial charge in [-0.05, 0) is 114 Å². The predicted octanol–water partition coefficient (Wildman–Crippen LogP) is 10.0. The van der Waals surface area contributed by atoms with Gasteiger partial charge in [0.1, 0.15) is 0 Å². The highest BCUT2D eigenvalue weighted by molar-refractivity contribution is 5.98. The predicted molar refractivity (Wildman–Crippen MR) is 181 cm³/mol. The van der Waals surface area contributed by atoms with Gasteiger partial charge in [-0.3, -0.25) is 0 Å². The minimum atomic E-state index is 0.867. The van der Waals surface area contributed by atoms with Gasteiger partial charge >= 0.3 is 0 Å². The van der Waals surface area contributed by atoms with Crippen LogP contribution in [0.15, 0.2) is 18.2 Å².